The molecule has 3 N–H and O–H groups in total. The summed E-state index contributed by atoms with van der Waals surface area (Å²) < 4.78 is 68.8. The van der Waals surface area contributed by atoms with E-state index >= 15 is 0 Å². The smallest absolute Gasteiger partial charge is 0.462 e. The van der Waals surface area contributed by atoms with E-state index in [4.69, 9.17) is 37.0 Å². The first-order valence-electron chi connectivity index (χ1n) is 42.9. The highest BCUT2D eigenvalue weighted by Crippen LogP contribution is 2.45. The highest BCUT2D eigenvalue weighted by atomic mass is 31.2. The van der Waals surface area contributed by atoms with Crippen molar-refractivity contribution in [3.63, 3.8) is 0 Å². The summed E-state index contributed by atoms with van der Waals surface area (Å²) in [6, 6.07) is 0. The van der Waals surface area contributed by atoms with Gasteiger partial charge in [-0.1, -0.05) is 382 Å². The third-order valence-corrected chi connectivity index (χ3v) is 21.6. The lowest BCUT2D eigenvalue weighted by molar-refractivity contribution is -0.161. The molecule has 0 heterocycles. The number of phosphoric ester groups is 2. The van der Waals surface area contributed by atoms with Crippen molar-refractivity contribution in [1.82, 2.24) is 0 Å². The number of ether oxygens (including phenoxy) is 4. The molecule has 0 saturated carbocycles. The molecule has 0 aliphatic heterocycles. The molecule has 0 aliphatic carbocycles. The number of unbranched alkanes of at least 4 members (excludes halogenated alkanes) is 48. The minimum atomic E-state index is -4.96. The van der Waals surface area contributed by atoms with Crippen LogP contribution in [0.25, 0.3) is 0 Å². The van der Waals surface area contributed by atoms with E-state index in [1.54, 1.807) is 0 Å². The molecule has 0 rings (SSSR count). The normalized spacial score (nSPS) is 14.2. The number of aliphatic hydroxyl groups excluding tert-OH is 1. The summed E-state index contributed by atoms with van der Waals surface area (Å²) in [5.41, 5.74) is 0. The molecule has 0 aromatic carbocycles. The Morgan fingerprint density at radius 2 is 0.500 bits per heavy atom. The lowest BCUT2D eigenvalue weighted by Crippen LogP contribution is -2.30. The highest BCUT2D eigenvalue weighted by Gasteiger charge is 2.30. The molecule has 0 aromatic heterocycles. The number of phosphoric acid groups is 2. The molecule has 0 amide bonds. The number of aliphatic hydroxyl groups is 1. The molecule has 0 saturated heterocycles. The molecule has 0 fully saturated rings. The molecule has 19 heteroatoms. The van der Waals surface area contributed by atoms with E-state index in [-0.39, 0.29) is 25.7 Å². The van der Waals surface area contributed by atoms with Crippen LogP contribution in [0.1, 0.15) is 434 Å². The van der Waals surface area contributed by atoms with Crippen molar-refractivity contribution >= 4 is 39.5 Å². The van der Waals surface area contributed by atoms with Crippen LogP contribution in [0.5, 0.6) is 0 Å². The largest absolute Gasteiger partial charge is 0.472 e. The van der Waals surface area contributed by atoms with Crippen LogP contribution in [0, 0.1) is 17.8 Å². The van der Waals surface area contributed by atoms with E-state index < -0.39 is 97.5 Å². The van der Waals surface area contributed by atoms with Crippen LogP contribution >= 0.6 is 15.6 Å². The lowest BCUT2D eigenvalue weighted by Gasteiger charge is -2.21. The monoisotopic (exact) mass is 1490 g/mol. The zero-order chi connectivity index (χ0) is 75.1. The predicted molar refractivity (Wildman–Crippen MR) is 418 cm³/mol. The van der Waals surface area contributed by atoms with Gasteiger partial charge in [0, 0.05) is 25.7 Å². The van der Waals surface area contributed by atoms with Crippen LogP contribution in [0.3, 0.4) is 0 Å². The van der Waals surface area contributed by atoms with Crippen LogP contribution < -0.4 is 0 Å². The summed E-state index contributed by atoms with van der Waals surface area (Å²) in [6.07, 6.45) is 62.2. The number of hydrogen-bond donors (Lipinski definition) is 3. The van der Waals surface area contributed by atoms with E-state index in [0.717, 1.165) is 108 Å². The second-order valence-electron chi connectivity index (χ2n) is 31.1. The van der Waals surface area contributed by atoms with Gasteiger partial charge in [-0.2, -0.15) is 0 Å². The standard InChI is InChI=1S/C83H162O17P2/c1-8-10-11-12-13-14-15-21-28-36-43-50-57-64-80(85)93-71-79(100-83(88)67-60-53-46-39-32-31-34-41-48-55-62-75(5)6)73-98-102(91,92)96-69-77(84)68-95-101(89,90)97-72-78(99-82(87)66-59-52-45-38-30-25-18-16-17-22-26-33-40-47-54-61-74(3)4)70-94-81(86)65-58-51-44-37-29-24-20-19-23-27-35-42-49-56-63-76(7)9-2/h74-79,84H,8-73H2,1-7H3,(H,89,90)(H,91,92)/t76?,77-,78-,79-/m1/s1. The Hall–Kier alpha value is -1.94. The zero-order valence-corrected chi connectivity index (χ0v) is 68.9. The summed E-state index contributed by atoms with van der Waals surface area (Å²) in [5, 5.41) is 10.7. The molecular weight excluding hydrogens is 1330 g/mol. The van der Waals surface area contributed by atoms with E-state index in [0.29, 0.717) is 25.7 Å². The van der Waals surface area contributed by atoms with Crippen molar-refractivity contribution in [2.45, 2.75) is 452 Å². The van der Waals surface area contributed by atoms with Crippen molar-refractivity contribution in [2.75, 3.05) is 39.6 Å². The Kier molecular flexibility index (Phi) is 71.8. The van der Waals surface area contributed by atoms with Gasteiger partial charge >= 0.3 is 39.5 Å². The average molecular weight is 1490 g/mol. The fourth-order valence-corrected chi connectivity index (χ4v) is 14.4. The van der Waals surface area contributed by atoms with Crippen molar-refractivity contribution in [3.8, 4) is 0 Å². The van der Waals surface area contributed by atoms with Crippen LogP contribution in [0.4, 0.5) is 0 Å². The number of carbonyl (C=O) groups is 4. The van der Waals surface area contributed by atoms with Gasteiger partial charge in [0.25, 0.3) is 0 Å². The summed E-state index contributed by atoms with van der Waals surface area (Å²) in [6.45, 7) is 12.0. The number of rotatable bonds is 81. The Bertz CT molecular complexity index is 1980. The quantitative estimate of drug-likeness (QED) is 0.0222. The number of hydrogen-bond acceptors (Lipinski definition) is 15. The van der Waals surface area contributed by atoms with Crippen LogP contribution in [-0.4, -0.2) is 96.7 Å². The van der Waals surface area contributed by atoms with Crippen molar-refractivity contribution < 1.29 is 80.2 Å². The van der Waals surface area contributed by atoms with Crippen molar-refractivity contribution in [2.24, 2.45) is 17.8 Å². The van der Waals surface area contributed by atoms with E-state index in [9.17, 15) is 43.2 Å². The number of esters is 4. The maximum Gasteiger partial charge on any atom is 0.472 e. The maximum atomic E-state index is 13.1. The Labute approximate surface area is 626 Å². The van der Waals surface area contributed by atoms with Gasteiger partial charge in [-0.15, -0.1) is 0 Å². The van der Waals surface area contributed by atoms with Crippen LogP contribution in [0.15, 0.2) is 0 Å². The van der Waals surface area contributed by atoms with E-state index in [1.807, 2.05) is 0 Å². The predicted octanol–water partition coefficient (Wildman–Crippen LogP) is 24.9. The molecule has 0 radical (unpaired) electrons. The SMILES string of the molecule is CCCCCCCCCCCCCCCC(=O)OC[C@H](COP(=O)(O)OC[C@H](O)COP(=O)(O)OC[C@@H](COC(=O)CCCCCCCCCCCCCCCCC(C)CC)OC(=O)CCCCCCCCCCCCCCCCCC(C)C)OC(=O)CCCCCCCCCCCCC(C)C. The summed E-state index contributed by atoms with van der Waals surface area (Å²) in [5.74, 6) is 0.298. The molecule has 0 aliphatic rings. The first kappa shape index (κ1) is 100. The van der Waals surface area contributed by atoms with Gasteiger partial charge in [-0.05, 0) is 43.4 Å². The minimum Gasteiger partial charge on any atom is -0.462 e. The average Bonchev–Trinajstić information content (AvgIpc) is 0.947. The first-order chi connectivity index (χ1) is 49.3. The summed E-state index contributed by atoms with van der Waals surface area (Å²) >= 11 is 0. The molecule has 0 bridgehead atoms. The molecule has 606 valence electrons. The Morgan fingerprint density at radius 1 is 0.284 bits per heavy atom. The zero-order valence-electron chi connectivity index (χ0n) is 67.1. The highest BCUT2D eigenvalue weighted by molar-refractivity contribution is 7.47. The Balaban J connectivity index is 5.26. The van der Waals surface area contributed by atoms with Gasteiger partial charge in [0.2, 0.25) is 0 Å². The van der Waals surface area contributed by atoms with Gasteiger partial charge < -0.3 is 33.8 Å². The first-order valence-corrected chi connectivity index (χ1v) is 45.9. The fourth-order valence-electron chi connectivity index (χ4n) is 12.8. The molecule has 17 nitrogen and oxygen atoms in total. The van der Waals surface area contributed by atoms with Gasteiger partial charge in [0.05, 0.1) is 26.4 Å². The molecule has 102 heavy (non-hydrogen) atoms. The van der Waals surface area contributed by atoms with Gasteiger partial charge in [0.15, 0.2) is 12.2 Å². The topological polar surface area (TPSA) is 237 Å². The maximum absolute atomic E-state index is 13.1. The second kappa shape index (κ2) is 73.2. The third kappa shape index (κ3) is 74.9. The van der Waals surface area contributed by atoms with Crippen LogP contribution in [-0.2, 0) is 65.4 Å². The second-order valence-corrected chi connectivity index (χ2v) is 34.0. The fraction of sp³-hybridized carbons (Fsp3) is 0.952. The van der Waals surface area contributed by atoms with Gasteiger partial charge in [0.1, 0.15) is 19.3 Å². The number of carbonyl (C=O) groups excluding carboxylic acids is 4. The molecular formula is C83H162O17P2. The molecule has 0 spiro atoms. The summed E-state index contributed by atoms with van der Waals surface area (Å²) in [7, 11) is -9.92. The van der Waals surface area contributed by atoms with E-state index in [2.05, 4.69) is 48.5 Å². The third-order valence-electron chi connectivity index (χ3n) is 19.7. The molecule has 0 aromatic rings. The molecule has 3 unspecified atom stereocenters. The van der Waals surface area contributed by atoms with Crippen molar-refractivity contribution in [1.29, 1.82) is 0 Å². The van der Waals surface area contributed by atoms with Crippen molar-refractivity contribution in [3.05, 3.63) is 0 Å². The molecule has 6 atom stereocenters. The lowest BCUT2D eigenvalue weighted by atomic mass is 9.99. The minimum absolute atomic E-state index is 0.106. The van der Waals surface area contributed by atoms with E-state index in [1.165, 1.54) is 244 Å². The summed E-state index contributed by atoms with van der Waals surface area (Å²) in [4.78, 5) is 73.1. The van der Waals surface area contributed by atoms with Gasteiger partial charge in [-0.25, -0.2) is 9.13 Å². The van der Waals surface area contributed by atoms with Crippen LogP contribution in [0.2, 0.25) is 0 Å². The Morgan fingerprint density at radius 3 is 0.745 bits per heavy atom. The van der Waals surface area contributed by atoms with Gasteiger partial charge in [-0.3, -0.25) is 37.3 Å².